The Bertz CT molecular complexity index is 552. The fourth-order valence-corrected chi connectivity index (χ4v) is 2.97. The molecule has 1 fully saturated rings. The van der Waals surface area contributed by atoms with Gasteiger partial charge >= 0.3 is 5.97 Å². The molecule has 0 bridgehead atoms. The molecule has 0 radical (unpaired) electrons. The first-order chi connectivity index (χ1) is 9.61. The molecule has 1 saturated carbocycles. The van der Waals surface area contributed by atoms with Crippen molar-refractivity contribution in [3.8, 4) is 0 Å². The van der Waals surface area contributed by atoms with Crippen molar-refractivity contribution in [2.24, 2.45) is 0 Å². The van der Waals surface area contributed by atoms with E-state index >= 15 is 0 Å². The van der Waals surface area contributed by atoms with Gasteiger partial charge in [0.2, 0.25) is 5.91 Å². The van der Waals surface area contributed by atoms with Gasteiger partial charge in [0.05, 0.1) is 6.54 Å². The number of carbonyl (C=O) groups excluding carboxylic acids is 1. The summed E-state index contributed by atoms with van der Waals surface area (Å²) >= 11 is 0. The molecule has 20 heavy (non-hydrogen) atoms. The van der Waals surface area contributed by atoms with Crippen molar-refractivity contribution >= 4 is 17.6 Å². The molecule has 1 amide bonds. The Morgan fingerprint density at radius 2 is 2.05 bits per heavy atom. The third-order valence-corrected chi connectivity index (χ3v) is 4.31. The average molecular weight is 274 g/mol. The predicted octanol–water partition coefficient (Wildman–Crippen LogP) is 1.17. The average Bonchev–Trinajstić information content (AvgIpc) is 2.77. The number of nitrogens with zero attached hydrogens (tertiary/aromatic N) is 1. The third-order valence-electron chi connectivity index (χ3n) is 4.31. The van der Waals surface area contributed by atoms with Gasteiger partial charge in [0, 0.05) is 12.2 Å². The van der Waals surface area contributed by atoms with E-state index < -0.39 is 11.5 Å². The van der Waals surface area contributed by atoms with Gasteiger partial charge in [0.25, 0.3) is 0 Å². The molecular weight excluding hydrogens is 256 g/mol. The standard InChI is InChI=1S/C15H18N2O3/c18-13(16-15(14(19)20)7-3-8-15)10-17-9-6-11-4-1-2-5-12(11)17/h1-2,4-5H,3,6-10H2,(H,16,18)(H,19,20). The van der Waals surface area contributed by atoms with Crippen molar-refractivity contribution in [1.29, 1.82) is 0 Å². The lowest BCUT2D eigenvalue weighted by Gasteiger charge is -2.38. The van der Waals surface area contributed by atoms with Crippen LogP contribution in [0.25, 0.3) is 0 Å². The van der Waals surface area contributed by atoms with Gasteiger partial charge in [-0.1, -0.05) is 18.2 Å². The summed E-state index contributed by atoms with van der Waals surface area (Å²) in [7, 11) is 0. The third kappa shape index (κ3) is 2.13. The smallest absolute Gasteiger partial charge is 0.329 e. The van der Waals surface area contributed by atoms with Crippen LogP contribution in [-0.4, -0.2) is 35.6 Å². The molecule has 2 aliphatic rings. The van der Waals surface area contributed by atoms with Crippen molar-refractivity contribution in [2.75, 3.05) is 18.0 Å². The maximum Gasteiger partial charge on any atom is 0.329 e. The molecule has 106 valence electrons. The summed E-state index contributed by atoms with van der Waals surface area (Å²) in [6, 6.07) is 8.03. The van der Waals surface area contributed by atoms with Gasteiger partial charge in [-0.25, -0.2) is 4.79 Å². The monoisotopic (exact) mass is 274 g/mol. The Morgan fingerprint density at radius 3 is 2.70 bits per heavy atom. The van der Waals surface area contributed by atoms with E-state index in [2.05, 4.69) is 11.4 Å². The van der Waals surface area contributed by atoms with Crippen molar-refractivity contribution in [2.45, 2.75) is 31.2 Å². The summed E-state index contributed by atoms with van der Waals surface area (Å²) in [5.74, 6) is -1.12. The Labute approximate surface area is 117 Å². The summed E-state index contributed by atoms with van der Waals surface area (Å²) in [5.41, 5.74) is 1.31. The van der Waals surface area contributed by atoms with Crippen LogP contribution >= 0.6 is 0 Å². The molecule has 3 rings (SSSR count). The van der Waals surface area contributed by atoms with Gasteiger partial charge in [-0.15, -0.1) is 0 Å². The highest BCUT2D eigenvalue weighted by atomic mass is 16.4. The van der Waals surface area contributed by atoms with E-state index in [-0.39, 0.29) is 12.5 Å². The van der Waals surface area contributed by atoms with Crippen LogP contribution in [-0.2, 0) is 16.0 Å². The van der Waals surface area contributed by atoms with E-state index in [4.69, 9.17) is 0 Å². The number of carboxylic acids is 1. The fourth-order valence-electron chi connectivity index (χ4n) is 2.97. The highest BCUT2D eigenvalue weighted by Gasteiger charge is 2.45. The minimum atomic E-state index is -1.02. The molecule has 5 heteroatoms. The van der Waals surface area contributed by atoms with Crippen LogP contribution in [0.15, 0.2) is 24.3 Å². The van der Waals surface area contributed by atoms with Gasteiger partial charge in [0.1, 0.15) is 5.54 Å². The van der Waals surface area contributed by atoms with Crippen LogP contribution < -0.4 is 10.2 Å². The summed E-state index contributed by atoms with van der Waals surface area (Å²) < 4.78 is 0. The molecule has 0 saturated heterocycles. The minimum Gasteiger partial charge on any atom is -0.480 e. The normalized spacial score (nSPS) is 19.1. The lowest BCUT2D eigenvalue weighted by molar-refractivity contribution is -0.151. The first kappa shape index (κ1) is 13.0. The molecule has 1 aliphatic carbocycles. The molecule has 1 aliphatic heterocycles. The van der Waals surface area contributed by atoms with E-state index in [9.17, 15) is 14.7 Å². The number of benzene rings is 1. The van der Waals surface area contributed by atoms with Crippen LogP contribution in [0, 0.1) is 0 Å². The second kappa shape index (κ2) is 4.81. The molecule has 0 unspecified atom stereocenters. The van der Waals surface area contributed by atoms with Crippen molar-refractivity contribution in [3.63, 3.8) is 0 Å². The molecule has 0 atom stereocenters. The number of fused-ring (bicyclic) bond motifs is 1. The molecule has 1 aromatic carbocycles. The summed E-state index contributed by atoms with van der Waals surface area (Å²) in [6.45, 7) is 1.04. The number of rotatable bonds is 4. The Balaban J connectivity index is 1.65. The van der Waals surface area contributed by atoms with E-state index in [0.29, 0.717) is 12.8 Å². The zero-order valence-corrected chi connectivity index (χ0v) is 11.3. The fraction of sp³-hybridized carbons (Fsp3) is 0.467. The highest BCUT2D eigenvalue weighted by Crippen LogP contribution is 2.32. The van der Waals surface area contributed by atoms with Gasteiger partial charge < -0.3 is 15.3 Å². The number of carboxylic acid groups (broad SMARTS) is 1. The Hall–Kier alpha value is -2.04. The van der Waals surface area contributed by atoms with Crippen LogP contribution in [0.1, 0.15) is 24.8 Å². The molecule has 1 aromatic rings. The van der Waals surface area contributed by atoms with Crippen molar-refractivity contribution in [1.82, 2.24) is 5.32 Å². The van der Waals surface area contributed by atoms with Crippen LogP contribution in [0.2, 0.25) is 0 Å². The highest BCUT2D eigenvalue weighted by molar-refractivity contribution is 5.90. The molecule has 2 N–H and O–H groups in total. The maximum absolute atomic E-state index is 12.1. The largest absolute Gasteiger partial charge is 0.480 e. The quantitative estimate of drug-likeness (QED) is 0.865. The maximum atomic E-state index is 12.1. The second-order valence-electron chi connectivity index (χ2n) is 5.59. The van der Waals surface area contributed by atoms with E-state index in [1.165, 1.54) is 5.56 Å². The molecule has 1 heterocycles. The zero-order valence-electron chi connectivity index (χ0n) is 11.3. The van der Waals surface area contributed by atoms with E-state index in [1.54, 1.807) is 0 Å². The number of hydrogen-bond donors (Lipinski definition) is 2. The summed E-state index contributed by atoms with van der Waals surface area (Å²) in [6.07, 6.45) is 2.86. The molecule has 0 spiro atoms. The summed E-state index contributed by atoms with van der Waals surface area (Å²) in [5, 5.41) is 11.9. The molecular formula is C15H18N2O3. The van der Waals surface area contributed by atoms with Crippen LogP contribution in [0.3, 0.4) is 0 Å². The predicted molar refractivity (Wildman–Crippen MR) is 74.7 cm³/mol. The summed E-state index contributed by atoms with van der Waals surface area (Å²) in [4.78, 5) is 25.4. The Kier molecular flexibility index (Phi) is 3.12. The van der Waals surface area contributed by atoms with Gasteiger partial charge in [0.15, 0.2) is 0 Å². The van der Waals surface area contributed by atoms with Gasteiger partial charge in [-0.2, -0.15) is 0 Å². The first-order valence-electron chi connectivity index (χ1n) is 6.98. The number of nitrogens with one attached hydrogen (secondary N) is 1. The molecule has 5 nitrogen and oxygen atoms in total. The van der Waals surface area contributed by atoms with E-state index in [0.717, 1.165) is 25.1 Å². The minimum absolute atomic E-state index is 0.205. The van der Waals surface area contributed by atoms with Crippen molar-refractivity contribution < 1.29 is 14.7 Å². The van der Waals surface area contributed by atoms with Gasteiger partial charge in [-0.3, -0.25) is 4.79 Å². The number of carbonyl (C=O) groups is 2. The number of para-hydroxylation sites is 1. The number of aliphatic carboxylic acids is 1. The lowest BCUT2D eigenvalue weighted by Crippen LogP contribution is -2.60. The first-order valence-corrected chi connectivity index (χ1v) is 6.98. The van der Waals surface area contributed by atoms with Crippen LogP contribution in [0.4, 0.5) is 5.69 Å². The zero-order chi connectivity index (χ0) is 14.2. The molecule has 0 aromatic heterocycles. The SMILES string of the molecule is O=C(CN1CCc2ccccc21)NC1(C(=O)O)CCC1. The number of anilines is 1. The van der Waals surface area contributed by atoms with E-state index in [1.807, 2.05) is 23.1 Å². The van der Waals surface area contributed by atoms with Crippen molar-refractivity contribution in [3.05, 3.63) is 29.8 Å². The van der Waals surface area contributed by atoms with Gasteiger partial charge in [-0.05, 0) is 37.3 Å². The van der Waals surface area contributed by atoms with Crippen LogP contribution in [0.5, 0.6) is 0 Å². The Morgan fingerprint density at radius 1 is 1.30 bits per heavy atom. The lowest BCUT2D eigenvalue weighted by atomic mass is 9.77. The second-order valence-corrected chi connectivity index (χ2v) is 5.59. The number of amides is 1. The topological polar surface area (TPSA) is 69.6 Å². The number of hydrogen-bond acceptors (Lipinski definition) is 3.